The minimum Gasteiger partial charge on any atom is -0.384 e. The molecule has 1 atom stereocenters. The summed E-state index contributed by atoms with van der Waals surface area (Å²) >= 11 is 0. The zero-order valence-electron chi connectivity index (χ0n) is 25.8. The number of aliphatic hydroxyl groups excluding tert-OH is 1. The fourth-order valence-corrected chi connectivity index (χ4v) is 5.66. The molecule has 2 aromatic carbocycles. The van der Waals surface area contributed by atoms with Gasteiger partial charge in [0.2, 0.25) is 5.95 Å². The molecule has 0 unspecified atom stereocenters. The van der Waals surface area contributed by atoms with Crippen LogP contribution in [0, 0.1) is 23.4 Å². The number of alkyl halides is 3. The van der Waals surface area contributed by atoms with Gasteiger partial charge in [-0.05, 0) is 71.8 Å². The Kier molecular flexibility index (Phi) is 8.74. The number of piperazine rings is 1. The number of anilines is 2. The van der Waals surface area contributed by atoms with E-state index < -0.39 is 63.9 Å². The maximum atomic E-state index is 16.5. The normalized spacial score (nSPS) is 14.8. The molecule has 1 fully saturated rings. The maximum absolute atomic E-state index is 16.5. The van der Waals surface area contributed by atoms with Crippen molar-refractivity contribution in [1.82, 2.24) is 30.2 Å². The summed E-state index contributed by atoms with van der Waals surface area (Å²) in [5.41, 5.74) is -3.06. The van der Waals surface area contributed by atoms with Crippen LogP contribution >= 0.6 is 0 Å². The van der Waals surface area contributed by atoms with Crippen molar-refractivity contribution in [1.29, 1.82) is 0 Å². The maximum Gasteiger partial charge on any atom is 0.420 e. The van der Waals surface area contributed by atoms with Gasteiger partial charge in [-0.25, -0.2) is 18.2 Å². The third-order valence-corrected chi connectivity index (χ3v) is 8.09. The van der Waals surface area contributed by atoms with Gasteiger partial charge in [0, 0.05) is 43.5 Å². The van der Waals surface area contributed by atoms with Crippen LogP contribution in [0.5, 0.6) is 0 Å². The molecule has 0 bridgehead atoms. The minimum atomic E-state index is -4.85. The molecule has 0 radical (unpaired) electrons. The first-order chi connectivity index (χ1) is 23.1. The summed E-state index contributed by atoms with van der Waals surface area (Å²) in [5.74, 6) is -4.35. The number of benzene rings is 2. The fourth-order valence-electron chi connectivity index (χ4n) is 5.66. The van der Waals surface area contributed by atoms with Gasteiger partial charge in [0.1, 0.15) is 34.9 Å². The van der Waals surface area contributed by atoms with Crippen molar-refractivity contribution in [2.24, 2.45) is 0 Å². The van der Waals surface area contributed by atoms with E-state index in [2.05, 4.69) is 25.5 Å². The smallest absolute Gasteiger partial charge is 0.384 e. The van der Waals surface area contributed by atoms with Gasteiger partial charge in [-0.3, -0.25) is 4.98 Å². The highest BCUT2D eigenvalue weighted by Crippen LogP contribution is 2.42. The number of pyridine rings is 2. The van der Waals surface area contributed by atoms with Gasteiger partial charge in [0.15, 0.2) is 11.9 Å². The number of hydrogen-bond acceptors (Lipinski definition) is 9. The van der Waals surface area contributed by atoms with Gasteiger partial charge in [0.25, 0.3) is 0 Å². The van der Waals surface area contributed by atoms with Gasteiger partial charge in [-0.1, -0.05) is 6.07 Å². The average molecular weight is 689 g/mol. The Morgan fingerprint density at radius 1 is 0.816 bits per heavy atom. The van der Waals surface area contributed by atoms with Crippen LogP contribution in [0.4, 0.5) is 42.1 Å². The molecule has 6 rings (SSSR count). The standard InChI is InChI=1S/C32H27F7N8O2/c1-31(2,49)28-27(47-16-41-43-44-47)26(35)25(30(36)42-28)21-7-4-18(14-22(21)20-6-3-17(33)13-23(20)34)45-9-11-46(12-10-45)19-5-8-24(40-15-19)29(48)32(37,38)39/h3-8,13-16,29,48-49H,9-12H2,1-2H3/t29-/m1/s1. The second-order valence-corrected chi connectivity index (χ2v) is 11.8. The van der Waals surface area contributed by atoms with E-state index in [9.17, 15) is 27.8 Å². The first-order valence-corrected chi connectivity index (χ1v) is 14.8. The summed E-state index contributed by atoms with van der Waals surface area (Å²) in [5, 5.41) is 30.8. The zero-order chi connectivity index (χ0) is 35.2. The molecule has 17 heteroatoms. The van der Waals surface area contributed by atoms with Crippen molar-refractivity contribution < 1.29 is 40.9 Å². The monoisotopic (exact) mass is 688 g/mol. The Labute approximate surface area is 274 Å². The van der Waals surface area contributed by atoms with Gasteiger partial charge in [-0.2, -0.15) is 22.2 Å². The lowest BCUT2D eigenvalue weighted by Crippen LogP contribution is -2.46. The Bertz CT molecular complexity index is 1980. The van der Waals surface area contributed by atoms with Crippen molar-refractivity contribution >= 4 is 11.4 Å². The van der Waals surface area contributed by atoms with Crippen molar-refractivity contribution in [3.8, 4) is 27.9 Å². The number of aromatic nitrogens is 6. The Morgan fingerprint density at radius 2 is 1.47 bits per heavy atom. The SMILES string of the molecule is CC(C)(O)c1nc(F)c(-c2ccc(N3CCN(c4ccc([C@@H](O)C(F)(F)F)nc4)CC3)cc2-c2ccc(F)cc2F)c(F)c1-n1cnnn1. The topological polar surface area (TPSA) is 116 Å². The van der Waals surface area contributed by atoms with Crippen LogP contribution in [0.15, 0.2) is 61.1 Å². The van der Waals surface area contributed by atoms with E-state index in [1.165, 1.54) is 38.2 Å². The summed E-state index contributed by atoms with van der Waals surface area (Å²) in [6, 6.07) is 9.80. The van der Waals surface area contributed by atoms with E-state index in [1.54, 1.807) is 6.07 Å². The summed E-state index contributed by atoms with van der Waals surface area (Å²) < 4.78 is 101. The van der Waals surface area contributed by atoms with Crippen LogP contribution in [0.1, 0.15) is 31.3 Å². The van der Waals surface area contributed by atoms with E-state index in [0.29, 0.717) is 43.6 Å². The number of rotatable bonds is 7. The van der Waals surface area contributed by atoms with Gasteiger partial charge in [0.05, 0.1) is 23.1 Å². The second kappa shape index (κ2) is 12.7. The largest absolute Gasteiger partial charge is 0.420 e. The molecule has 2 N–H and O–H groups in total. The minimum absolute atomic E-state index is 0.0127. The van der Waals surface area contributed by atoms with Crippen molar-refractivity contribution in [2.45, 2.75) is 31.7 Å². The lowest BCUT2D eigenvalue weighted by atomic mass is 9.92. The molecule has 10 nitrogen and oxygen atoms in total. The van der Waals surface area contributed by atoms with Crippen LogP contribution in [-0.2, 0) is 5.60 Å². The van der Waals surface area contributed by atoms with E-state index >= 15 is 13.2 Å². The molecule has 0 aliphatic carbocycles. The average Bonchev–Trinajstić information content (AvgIpc) is 3.58. The Morgan fingerprint density at radius 3 is 2.04 bits per heavy atom. The van der Waals surface area contributed by atoms with Crippen LogP contribution in [0.3, 0.4) is 0 Å². The van der Waals surface area contributed by atoms with Gasteiger partial charge in [-0.15, -0.1) is 5.10 Å². The summed E-state index contributed by atoms with van der Waals surface area (Å²) in [6.07, 6.45) is -5.27. The van der Waals surface area contributed by atoms with Crippen molar-refractivity contribution in [3.63, 3.8) is 0 Å². The molecule has 0 spiro atoms. The molecule has 1 saturated heterocycles. The molecule has 1 aliphatic rings. The highest BCUT2D eigenvalue weighted by molar-refractivity contribution is 5.87. The van der Waals surface area contributed by atoms with E-state index in [0.717, 1.165) is 29.2 Å². The van der Waals surface area contributed by atoms with E-state index in [1.807, 2.05) is 9.80 Å². The molecule has 3 aromatic heterocycles. The molecule has 0 amide bonds. The summed E-state index contributed by atoms with van der Waals surface area (Å²) in [7, 11) is 0. The van der Waals surface area contributed by atoms with E-state index in [-0.39, 0.29) is 16.7 Å². The first-order valence-electron chi connectivity index (χ1n) is 14.8. The quantitative estimate of drug-likeness (QED) is 0.169. The number of halogens is 7. The Balaban J connectivity index is 1.37. The Hall–Kier alpha value is -5.16. The van der Waals surface area contributed by atoms with Crippen LogP contribution in [0.25, 0.3) is 27.9 Å². The van der Waals surface area contributed by atoms with Crippen LogP contribution < -0.4 is 9.80 Å². The summed E-state index contributed by atoms with van der Waals surface area (Å²) in [4.78, 5) is 11.4. The molecule has 49 heavy (non-hydrogen) atoms. The van der Waals surface area contributed by atoms with E-state index in [4.69, 9.17) is 0 Å². The molecular formula is C32H27F7N8O2. The number of aliphatic hydroxyl groups is 2. The molecule has 5 aromatic rings. The number of tetrazole rings is 1. The molecular weight excluding hydrogens is 661 g/mol. The van der Waals surface area contributed by atoms with Crippen molar-refractivity contribution in [3.05, 3.63) is 95.8 Å². The lowest BCUT2D eigenvalue weighted by Gasteiger charge is -2.37. The second-order valence-electron chi connectivity index (χ2n) is 11.8. The molecule has 256 valence electrons. The lowest BCUT2D eigenvalue weighted by molar-refractivity contribution is -0.207. The van der Waals surface area contributed by atoms with Crippen LogP contribution in [0.2, 0.25) is 0 Å². The predicted octanol–water partition coefficient (Wildman–Crippen LogP) is 5.49. The molecule has 1 aliphatic heterocycles. The molecule has 0 saturated carbocycles. The zero-order valence-corrected chi connectivity index (χ0v) is 25.8. The van der Waals surface area contributed by atoms with Gasteiger partial charge >= 0.3 is 6.18 Å². The predicted molar refractivity (Wildman–Crippen MR) is 163 cm³/mol. The highest BCUT2D eigenvalue weighted by Gasteiger charge is 2.40. The van der Waals surface area contributed by atoms with Gasteiger partial charge < -0.3 is 20.0 Å². The molecule has 4 heterocycles. The number of hydrogen-bond donors (Lipinski definition) is 2. The first kappa shape index (κ1) is 33.7. The number of nitrogens with zero attached hydrogens (tertiary/aromatic N) is 8. The van der Waals surface area contributed by atoms with Crippen molar-refractivity contribution in [2.75, 3.05) is 36.0 Å². The fraction of sp³-hybridized carbons (Fsp3) is 0.281. The third kappa shape index (κ3) is 6.63. The third-order valence-electron chi connectivity index (χ3n) is 8.09. The highest BCUT2D eigenvalue weighted by atomic mass is 19.4. The summed E-state index contributed by atoms with van der Waals surface area (Å²) in [6.45, 7) is 4.10. The van der Waals surface area contributed by atoms with Crippen LogP contribution in [-0.4, -0.2) is 72.7 Å².